The van der Waals surface area contributed by atoms with Crippen LogP contribution in [0.15, 0.2) is 0 Å². The van der Waals surface area contributed by atoms with E-state index in [1.54, 1.807) is 0 Å². The molecule has 59 heavy (non-hydrogen) atoms. The van der Waals surface area contributed by atoms with Gasteiger partial charge in [-0.3, -0.25) is 18.9 Å². The molecule has 0 bridgehead atoms. The van der Waals surface area contributed by atoms with Gasteiger partial charge < -0.3 is 26.8 Å². The summed E-state index contributed by atoms with van der Waals surface area (Å²) >= 11 is 0. The molecule has 0 aromatic rings. The first-order valence-electron chi connectivity index (χ1n) is 25.9. The van der Waals surface area contributed by atoms with Crippen LogP contribution in [0.4, 0.5) is 0 Å². The van der Waals surface area contributed by atoms with E-state index in [4.69, 9.17) is 0 Å². The van der Waals surface area contributed by atoms with E-state index in [0.717, 1.165) is 37.0 Å². The van der Waals surface area contributed by atoms with E-state index in [9.17, 15) is 14.4 Å². The van der Waals surface area contributed by atoms with Gasteiger partial charge in [0.2, 0.25) is 0 Å². The molecule has 0 rings (SSSR count). The Bertz CT molecular complexity index is 633. The van der Waals surface area contributed by atoms with E-state index >= 15 is 0 Å². The summed E-state index contributed by atoms with van der Waals surface area (Å²) in [6.07, 6.45) is 60.9. The maximum Gasteiger partial charge on any atom is 4.00 e. The number of rotatable bonds is 45. The van der Waals surface area contributed by atoms with Crippen LogP contribution in [0.5, 0.6) is 0 Å². The zero-order chi connectivity index (χ0) is 42.6. The van der Waals surface area contributed by atoms with E-state index in [1.807, 2.05) is 18.9 Å². The molecule has 0 fully saturated rings. The smallest absolute Gasteiger partial charge is 1.00 e. The van der Waals surface area contributed by atoms with Gasteiger partial charge in [-0.1, -0.05) is 292 Å². The Morgan fingerprint density at radius 3 is 0.475 bits per heavy atom. The molecule has 5 heteroatoms. The molecule has 0 heterocycles. The average molecular weight is 886 g/mol. The predicted molar refractivity (Wildman–Crippen MR) is 256 cm³/mol. The van der Waals surface area contributed by atoms with Crippen molar-refractivity contribution in [3.05, 3.63) is 0 Å². The van der Waals surface area contributed by atoms with Crippen LogP contribution in [0.3, 0.4) is 0 Å². The largest absolute Gasteiger partial charge is 4.00 e. The van der Waals surface area contributed by atoms with E-state index in [2.05, 4.69) is 41.5 Å². The van der Waals surface area contributed by atoms with Crippen LogP contribution in [0.2, 0.25) is 0 Å². The van der Waals surface area contributed by atoms with E-state index < -0.39 is 0 Å². The molecule has 0 aromatic carbocycles. The van der Waals surface area contributed by atoms with Gasteiger partial charge >= 0.3 is 21.7 Å². The fourth-order valence-electron chi connectivity index (χ4n) is 7.55. The number of hydrogen-bond acceptors (Lipinski definition) is 3. The van der Waals surface area contributed by atoms with Gasteiger partial charge in [0.05, 0.1) is 0 Å². The van der Waals surface area contributed by atoms with Gasteiger partial charge in [-0.15, -0.1) is 0 Å². The normalized spacial score (nSPS) is 10.7. The third kappa shape index (κ3) is 79.0. The van der Waals surface area contributed by atoms with Gasteiger partial charge in [0.15, 0.2) is 0 Å². The molecule has 0 aliphatic rings. The third-order valence-electron chi connectivity index (χ3n) is 11.4. The summed E-state index contributed by atoms with van der Waals surface area (Å²) in [5, 5.41) is 0. The Morgan fingerprint density at radius 2 is 0.356 bits per heavy atom. The number of halogens is 1. The van der Waals surface area contributed by atoms with Crippen molar-refractivity contribution in [2.24, 2.45) is 17.8 Å². The molecule has 0 aliphatic heterocycles. The standard InChI is InChI=1S/3C18H35O.ClH.Ti/c3*1-18(2)16-14-12-10-8-6-4-3-5-7-9-11-13-15-17-19;;/h3*18H,3-16H2,1-2H3;1H;/q3*-1;;+4/p-1. The first kappa shape index (κ1) is 68.1. The SMILES string of the molecule is CC(C)CCCCCCCCCCCCCC[C-]=O.CC(C)CCCCCCCCCCCCCC[C-]=O.CC(C)CCCCCCCCCCCCCC[C-]=O.[Cl-].[Ti+4]. The molecule has 0 spiro atoms. The Hall–Kier alpha value is 0.0143. The Kier molecular flexibility index (Phi) is 74.6. The van der Waals surface area contributed by atoms with Crippen LogP contribution >= 0.6 is 0 Å². The summed E-state index contributed by atoms with van der Waals surface area (Å²) in [6.45, 7) is 13.9. The van der Waals surface area contributed by atoms with Crippen LogP contribution in [0, 0.1) is 17.8 Å². The molecule has 0 saturated carbocycles. The summed E-state index contributed by atoms with van der Waals surface area (Å²) in [5.41, 5.74) is 0. The summed E-state index contributed by atoms with van der Waals surface area (Å²) in [5.74, 6) is 2.64. The van der Waals surface area contributed by atoms with Gasteiger partial charge in [0.25, 0.3) is 0 Å². The van der Waals surface area contributed by atoms with Crippen molar-refractivity contribution in [1.82, 2.24) is 0 Å². The molecule has 350 valence electrons. The molecular weight excluding hydrogens is 780 g/mol. The van der Waals surface area contributed by atoms with Crippen molar-refractivity contribution in [1.29, 1.82) is 0 Å². The molecule has 0 N–H and O–H groups in total. The first-order valence-corrected chi connectivity index (χ1v) is 25.9. The minimum Gasteiger partial charge on any atom is -1.00 e. The molecule has 0 aromatic heterocycles. The van der Waals surface area contributed by atoms with E-state index in [-0.39, 0.29) is 34.1 Å². The fraction of sp³-hybridized carbons (Fsp3) is 0.944. The van der Waals surface area contributed by atoms with E-state index in [0.29, 0.717) is 19.3 Å². The first-order chi connectivity index (χ1) is 27.8. The zero-order valence-corrected chi connectivity index (χ0v) is 43.4. The van der Waals surface area contributed by atoms with Gasteiger partial charge in [-0.05, 0) is 17.8 Å². The van der Waals surface area contributed by atoms with Crippen LogP contribution in [-0.4, -0.2) is 18.9 Å². The minimum atomic E-state index is 0. The molecule has 0 saturated heterocycles. The minimum absolute atomic E-state index is 0. The topological polar surface area (TPSA) is 51.2 Å². The fourth-order valence-corrected chi connectivity index (χ4v) is 7.55. The second-order valence-electron chi connectivity index (χ2n) is 19.0. The zero-order valence-electron chi connectivity index (χ0n) is 41.0. The molecular formula is C54H105ClO3Ti. The van der Waals surface area contributed by atoms with Gasteiger partial charge in [0, 0.05) is 0 Å². The van der Waals surface area contributed by atoms with Crippen molar-refractivity contribution in [2.45, 2.75) is 311 Å². The molecule has 0 radical (unpaired) electrons. The van der Waals surface area contributed by atoms with Gasteiger partial charge in [-0.2, -0.15) is 19.3 Å². The average Bonchev–Trinajstić information content (AvgIpc) is 3.18. The van der Waals surface area contributed by atoms with Crippen molar-refractivity contribution >= 4 is 18.9 Å². The van der Waals surface area contributed by atoms with Crippen molar-refractivity contribution in [2.75, 3.05) is 0 Å². The van der Waals surface area contributed by atoms with Gasteiger partial charge in [0.1, 0.15) is 0 Å². The molecule has 3 nitrogen and oxygen atoms in total. The molecule has 0 atom stereocenters. The monoisotopic (exact) mass is 885 g/mol. The van der Waals surface area contributed by atoms with Crippen LogP contribution in [-0.2, 0) is 36.1 Å². The molecule has 0 aliphatic carbocycles. The quantitative estimate of drug-likeness (QED) is 0.0348. The van der Waals surface area contributed by atoms with Crippen LogP contribution < -0.4 is 12.4 Å². The number of hydrogen-bond donors (Lipinski definition) is 0. The van der Waals surface area contributed by atoms with Crippen LogP contribution in [0.25, 0.3) is 0 Å². The summed E-state index contributed by atoms with van der Waals surface area (Å²) in [7, 11) is 0. The maximum atomic E-state index is 10.0. The van der Waals surface area contributed by atoms with Crippen molar-refractivity contribution in [3.63, 3.8) is 0 Å². The molecule has 0 unspecified atom stereocenters. The summed E-state index contributed by atoms with van der Waals surface area (Å²) in [4.78, 5) is 30.0. The Labute approximate surface area is 394 Å². The Balaban J connectivity index is -0.000000243. The summed E-state index contributed by atoms with van der Waals surface area (Å²) in [6, 6.07) is 0. The van der Waals surface area contributed by atoms with Crippen molar-refractivity contribution < 1.29 is 48.5 Å². The third-order valence-corrected chi connectivity index (χ3v) is 11.4. The summed E-state index contributed by atoms with van der Waals surface area (Å²) < 4.78 is 0. The van der Waals surface area contributed by atoms with Crippen molar-refractivity contribution in [3.8, 4) is 0 Å². The van der Waals surface area contributed by atoms with Crippen LogP contribution in [0.1, 0.15) is 311 Å². The van der Waals surface area contributed by atoms with E-state index in [1.165, 1.54) is 231 Å². The number of carbonyl (C=O) groups excluding carboxylic acids is 3. The molecule has 0 amide bonds. The second kappa shape index (κ2) is 64.6. The predicted octanol–water partition coefficient (Wildman–Crippen LogP) is 15.6. The second-order valence-corrected chi connectivity index (χ2v) is 19.0. The van der Waals surface area contributed by atoms with Gasteiger partial charge in [-0.25, -0.2) is 0 Å². The maximum absolute atomic E-state index is 10.0. The Morgan fingerprint density at radius 1 is 0.237 bits per heavy atom. The number of unbranched alkanes of at least 4 members (excludes halogenated alkanes) is 36.